The predicted octanol–water partition coefficient (Wildman–Crippen LogP) is 3.82. The molecule has 0 spiro atoms. The Kier molecular flexibility index (Phi) is 4.62. The van der Waals surface area contributed by atoms with Gasteiger partial charge in [-0.25, -0.2) is 0 Å². The van der Waals surface area contributed by atoms with Crippen molar-refractivity contribution in [2.45, 2.75) is 32.8 Å². The highest BCUT2D eigenvalue weighted by Gasteiger charge is 2.21. The van der Waals surface area contributed by atoms with Crippen molar-refractivity contribution >= 4 is 22.5 Å². The molecule has 1 aliphatic heterocycles. The Morgan fingerprint density at radius 2 is 2.15 bits per heavy atom. The summed E-state index contributed by atoms with van der Waals surface area (Å²) in [5.74, 6) is -0.123. The summed E-state index contributed by atoms with van der Waals surface area (Å²) in [6.07, 6.45) is 1.57. The molecule has 0 saturated carbocycles. The summed E-state index contributed by atoms with van der Waals surface area (Å²) in [7, 11) is 0. The molecule has 0 bridgehead atoms. The van der Waals surface area contributed by atoms with Crippen LogP contribution < -0.4 is 5.32 Å². The van der Waals surface area contributed by atoms with Gasteiger partial charge in [0.2, 0.25) is 0 Å². The lowest BCUT2D eigenvalue weighted by atomic mass is 10.0. The fourth-order valence-corrected chi connectivity index (χ4v) is 3.38. The molecule has 2 aromatic carbocycles. The van der Waals surface area contributed by atoms with Gasteiger partial charge in [0, 0.05) is 22.9 Å². The molecular formula is C21H22N4O2. The van der Waals surface area contributed by atoms with Crippen molar-refractivity contribution < 1.29 is 9.63 Å². The van der Waals surface area contributed by atoms with E-state index in [1.54, 1.807) is 0 Å². The second kappa shape index (κ2) is 7.23. The SMILES string of the molecule is CCC1=NOC(CNC(=O)c2cccc(-c3n[nH]c4cccc(C)c34)c2)C1. The number of aryl methyl sites for hydroxylation is 1. The summed E-state index contributed by atoms with van der Waals surface area (Å²) in [5, 5.41) is 15.6. The van der Waals surface area contributed by atoms with Gasteiger partial charge in [-0.1, -0.05) is 36.3 Å². The molecule has 1 unspecified atom stereocenters. The zero-order valence-electron chi connectivity index (χ0n) is 15.5. The van der Waals surface area contributed by atoms with Crippen molar-refractivity contribution in [3.63, 3.8) is 0 Å². The topological polar surface area (TPSA) is 79.4 Å². The van der Waals surface area contributed by atoms with Gasteiger partial charge in [-0.05, 0) is 37.1 Å². The lowest BCUT2D eigenvalue weighted by Crippen LogP contribution is -2.32. The van der Waals surface area contributed by atoms with Gasteiger partial charge < -0.3 is 10.2 Å². The first-order valence-electron chi connectivity index (χ1n) is 9.19. The van der Waals surface area contributed by atoms with E-state index in [9.17, 15) is 4.79 Å². The summed E-state index contributed by atoms with van der Waals surface area (Å²) in [6.45, 7) is 4.56. The van der Waals surface area contributed by atoms with E-state index < -0.39 is 0 Å². The predicted molar refractivity (Wildman–Crippen MR) is 106 cm³/mol. The molecule has 27 heavy (non-hydrogen) atoms. The second-order valence-electron chi connectivity index (χ2n) is 6.80. The van der Waals surface area contributed by atoms with Gasteiger partial charge in [-0.3, -0.25) is 9.89 Å². The molecule has 2 N–H and O–H groups in total. The maximum atomic E-state index is 12.6. The van der Waals surface area contributed by atoms with Crippen LogP contribution in [0.25, 0.3) is 22.2 Å². The fourth-order valence-electron chi connectivity index (χ4n) is 3.38. The number of amides is 1. The quantitative estimate of drug-likeness (QED) is 0.724. The third-order valence-electron chi connectivity index (χ3n) is 4.89. The molecule has 1 atom stereocenters. The van der Waals surface area contributed by atoms with E-state index in [1.807, 2.05) is 36.4 Å². The highest BCUT2D eigenvalue weighted by atomic mass is 16.6. The monoisotopic (exact) mass is 362 g/mol. The van der Waals surface area contributed by atoms with E-state index in [1.165, 1.54) is 0 Å². The summed E-state index contributed by atoms with van der Waals surface area (Å²) in [4.78, 5) is 17.9. The fraction of sp³-hybridized carbons (Fsp3) is 0.286. The van der Waals surface area contributed by atoms with Crippen molar-refractivity contribution in [2.24, 2.45) is 5.16 Å². The number of oxime groups is 1. The number of benzene rings is 2. The standard InChI is InChI=1S/C21H22N4O2/c1-3-16-11-17(27-25-16)12-22-21(26)15-8-5-7-14(10-15)20-19-13(2)6-4-9-18(19)23-24-20/h4-10,17H,3,11-12H2,1-2H3,(H,22,26)(H,23,24). The Balaban J connectivity index is 1.51. The van der Waals surface area contributed by atoms with Crippen LogP contribution in [0.3, 0.4) is 0 Å². The molecule has 3 aromatic rings. The zero-order chi connectivity index (χ0) is 18.8. The molecule has 0 radical (unpaired) electrons. The van der Waals surface area contributed by atoms with Crippen LogP contribution in [0.2, 0.25) is 0 Å². The van der Waals surface area contributed by atoms with Crippen LogP contribution in [0.15, 0.2) is 47.6 Å². The molecule has 1 aliphatic rings. The molecule has 0 saturated heterocycles. The number of H-pyrrole nitrogens is 1. The van der Waals surface area contributed by atoms with Crippen LogP contribution in [0.4, 0.5) is 0 Å². The van der Waals surface area contributed by atoms with E-state index in [0.717, 1.165) is 46.3 Å². The largest absolute Gasteiger partial charge is 0.390 e. The number of carbonyl (C=O) groups is 1. The number of hydrogen-bond acceptors (Lipinski definition) is 4. The van der Waals surface area contributed by atoms with Crippen molar-refractivity contribution in [1.29, 1.82) is 0 Å². The number of hydrogen-bond donors (Lipinski definition) is 2. The van der Waals surface area contributed by atoms with Crippen molar-refractivity contribution in [1.82, 2.24) is 15.5 Å². The summed E-state index contributed by atoms with van der Waals surface area (Å²) >= 11 is 0. The average molecular weight is 362 g/mol. The van der Waals surface area contributed by atoms with E-state index in [4.69, 9.17) is 4.84 Å². The van der Waals surface area contributed by atoms with Crippen LogP contribution in [0.5, 0.6) is 0 Å². The van der Waals surface area contributed by atoms with Gasteiger partial charge in [0.1, 0.15) is 11.8 Å². The molecule has 138 valence electrons. The highest BCUT2D eigenvalue weighted by molar-refractivity contribution is 5.99. The van der Waals surface area contributed by atoms with Gasteiger partial charge in [0.05, 0.1) is 17.8 Å². The minimum absolute atomic E-state index is 0.0787. The lowest BCUT2D eigenvalue weighted by Gasteiger charge is -2.10. The summed E-state index contributed by atoms with van der Waals surface area (Å²) in [5.41, 5.74) is 5.56. The van der Waals surface area contributed by atoms with Gasteiger partial charge in [0.25, 0.3) is 5.91 Å². The van der Waals surface area contributed by atoms with Crippen LogP contribution >= 0.6 is 0 Å². The molecule has 0 fully saturated rings. The van der Waals surface area contributed by atoms with Gasteiger partial charge in [-0.2, -0.15) is 5.10 Å². The minimum atomic E-state index is -0.123. The van der Waals surface area contributed by atoms with E-state index >= 15 is 0 Å². The average Bonchev–Trinajstić information content (AvgIpc) is 3.34. The van der Waals surface area contributed by atoms with Crippen molar-refractivity contribution in [3.8, 4) is 11.3 Å². The normalized spacial score (nSPS) is 16.2. The van der Waals surface area contributed by atoms with Gasteiger partial charge >= 0.3 is 0 Å². The molecule has 2 heterocycles. The van der Waals surface area contributed by atoms with Crippen molar-refractivity contribution in [3.05, 3.63) is 53.6 Å². The molecule has 4 rings (SSSR count). The Labute approximate surface area is 157 Å². The summed E-state index contributed by atoms with van der Waals surface area (Å²) < 4.78 is 0. The van der Waals surface area contributed by atoms with Gasteiger partial charge in [-0.15, -0.1) is 0 Å². The molecule has 6 nitrogen and oxygen atoms in total. The maximum Gasteiger partial charge on any atom is 0.251 e. The molecule has 1 amide bonds. The highest BCUT2D eigenvalue weighted by Crippen LogP contribution is 2.29. The lowest BCUT2D eigenvalue weighted by molar-refractivity contribution is 0.0753. The number of fused-ring (bicyclic) bond motifs is 1. The van der Waals surface area contributed by atoms with Crippen LogP contribution in [0, 0.1) is 6.92 Å². The van der Waals surface area contributed by atoms with E-state index in [-0.39, 0.29) is 12.0 Å². The van der Waals surface area contributed by atoms with Crippen molar-refractivity contribution in [2.75, 3.05) is 6.54 Å². The maximum absolute atomic E-state index is 12.6. The third-order valence-corrected chi connectivity index (χ3v) is 4.89. The van der Waals surface area contributed by atoms with Gasteiger partial charge in [0.15, 0.2) is 0 Å². The number of aromatic amines is 1. The third kappa shape index (κ3) is 3.43. The van der Waals surface area contributed by atoms with Crippen LogP contribution in [0.1, 0.15) is 35.7 Å². The number of rotatable bonds is 5. The minimum Gasteiger partial charge on any atom is -0.390 e. The first-order chi connectivity index (χ1) is 13.2. The molecule has 1 aromatic heterocycles. The number of nitrogens with zero attached hydrogens (tertiary/aromatic N) is 2. The molecular weight excluding hydrogens is 340 g/mol. The summed E-state index contributed by atoms with van der Waals surface area (Å²) in [6, 6.07) is 13.6. The molecule has 0 aliphatic carbocycles. The first-order valence-corrected chi connectivity index (χ1v) is 9.19. The molecule has 6 heteroatoms. The number of carbonyl (C=O) groups excluding carboxylic acids is 1. The zero-order valence-corrected chi connectivity index (χ0v) is 15.5. The Bertz CT molecular complexity index is 1020. The first kappa shape index (κ1) is 17.3. The number of aromatic nitrogens is 2. The second-order valence-corrected chi connectivity index (χ2v) is 6.80. The van der Waals surface area contributed by atoms with Crippen LogP contribution in [-0.4, -0.2) is 34.5 Å². The smallest absolute Gasteiger partial charge is 0.251 e. The Morgan fingerprint density at radius 1 is 1.30 bits per heavy atom. The van der Waals surface area contributed by atoms with E-state index in [2.05, 4.69) is 40.6 Å². The Morgan fingerprint density at radius 3 is 2.96 bits per heavy atom. The van der Waals surface area contributed by atoms with E-state index in [0.29, 0.717) is 12.1 Å². The Hall–Kier alpha value is -3.15. The van der Waals surface area contributed by atoms with Crippen LogP contribution in [-0.2, 0) is 4.84 Å². The number of nitrogens with one attached hydrogen (secondary N) is 2.